The maximum atomic E-state index is 13.1. The largest absolute Gasteiger partial charge is 0.339 e. The maximum Gasteiger partial charge on any atom is 0.269 e. The fourth-order valence-electron chi connectivity index (χ4n) is 4.27. The number of non-ortho nitro benzene ring substituents is 1. The topological polar surface area (TPSA) is 80.1 Å². The first-order valence-electron chi connectivity index (χ1n) is 8.01. The van der Waals surface area contributed by atoms with E-state index in [1.165, 1.54) is 12.1 Å². The minimum absolute atomic E-state index is 0.0584. The van der Waals surface area contributed by atoms with E-state index in [0.29, 0.717) is 0 Å². The molecule has 24 heavy (non-hydrogen) atoms. The molecule has 1 fully saturated rings. The van der Waals surface area contributed by atoms with Crippen molar-refractivity contribution in [2.45, 2.75) is 17.9 Å². The van der Waals surface area contributed by atoms with Gasteiger partial charge in [0.15, 0.2) is 0 Å². The number of hydrogen-bond acceptors (Lipinski definition) is 3. The summed E-state index contributed by atoms with van der Waals surface area (Å²) in [5.41, 5.74) is 2.47. The van der Waals surface area contributed by atoms with E-state index < -0.39 is 10.3 Å². The van der Waals surface area contributed by atoms with Gasteiger partial charge < -0.3 is 10.2 Å². The summed E-state index contributed by atoms with van der Waals surface area (Å²) in [6, 6.07) is 14.5. The van der Waals surface area contributed by atoms with E-state index in [9.17, 15) is 14.9 Å². The SMILES string of the molecule is CN1C(=O)C2(CC[NH2+]C2c2ccc([N+](=O)[O-])cc2)c2ccccc21. The summed E-state index contributed by atoms with van der Waals surface area (Å²) in [5.74, 6) is 0.112. The number of nitro benzene ring substituents is 1. The Hall–Kier alpha value is -2.73. The number of nitro groups is 1. The minimum Gasteiger partial charge on any atom is -0.339 e. The molecule has 2 aromatic rings. The van der Waals surface area contributed by atoms with Crippen LogP contribution in [0.5, 0.6) is 0 Å². The first-order valence-corrected chi connectivity index (χ1v) is 8.01. The second kappa shape index (κ2) is 5.14. The number of nitrogens with two attached hydrogens (primary N) is 1. The summed E-state index contributed by atoms with van der Waals surface area (Å²) < 4.78 is 0. The second-order valence-corrected chi connectivity index (χ2v) is 6.45. The van der Waals surface area contributed by atoms with Gasteiger partial charge in [-0.1, -0.05) is 18.2 Å². The molecule has 2 atom stereocenters. The fourth-order valence-corrected chi connectivity index (χ4v) is 4.27. The Labute approximate surface area is 139 Å². The van der Waals surface area contributed by atoms with Crippen LogP contribution >= 0.6 is 0 Å². The summed E-state index contributed by atoms with van der Waals surface area (Å²) in [6.07, 6.45) is 0.773. The summed E-state index contributed by atoms with van der Waals surface area (Å²) in [5, 5.41) is 13.1. The molecule has 1 saturated heterocycles. The van der Waals surface area contributed by atoms with Gasteiger partial charge in [0, 0.05) is 36.9 Å². The molecule has 0 saturated carbocycles. The zero-order valence-corrected chi connectivity index (χ0v) is 13.3. The van der Waals surface area contributed by atoms with Crippen molar-refractivity contribution in [2.75, 3.05) is 18.5 Å². The predicted molar refractivity (Wildman–Crippen MR) is 88.8 cm³/mol. The van der Waals surface area contributed by atoms with Crippen molar-refractivity contribution in [1.82, 2.24) is 0 Å². The van der Waals surface area contributed by atoms with Gasteiger partial charge >= 0.3 is 0 Å². The van der Waals surface area contributed by atoms with E-state index in [1.807, 2.05) is 31.3 Å². The van der Waals surface area contributed by atoms with Crippen LogP contribution in [-0.4, -0.2) is 24.4 Å². The van der Waals surface area contributed by atoms with Gasteiger partial charge in [-0.15, -0.1) is 0 Å². The molecule has 0 aliphatic carbocycles. The fraction of sp³-hybridized carbons (Fsp3) is 0.278. The third-order valence-corrected chi connectivity index (χ3v) is 5.37. The quantitative estimate of drug-likeness (QED) is 0.672. The Bertz CT molecular complexity index is 834. The van der Waals surface area contributed by atoms with Gasteiger partial charge in [0.05, 0.1) is 11.5 Å². The van der Waals surface area contributed by atoms with Crippen molar-refractivity contribution in [3.63, 3.8) is 0 Å². The number of carbonyl (C=O) groups is 1. The highest BCUT2D eigenvalue weighted by molar-refractivity contribution is 6.08. The number of anilines is 1. The number of rotatable bonds is 2. The number of amides is 1. The lowest BCUT2D eigenvalue weighted by molar-refractivity contribution is -0.679. The van der Waals surface area contributed by atoms with E-state index in [1.54, 1.807) is 17.0 Å². The lowest BCUT2D eigenvalue weighted by Gasteiger charge is -2.26. The molecule has 2 aliphatic rings. The lowest BCUT2D eigenvalue weighted by Crippen LogP contribution is -2.83. The number of benzene rings is 2. The van der Waals surface area contributed by atoms with Crippen LogP contribution in [-0.2, 0) is 10.2 Å². The smallest absolute Gasteiger partial charge is 0.269 e. The van der Waals surface area contributed by atoms with Crippen LogP contribution in [0.25, 0.3) is 0 Å². The maximum absolute atomic E-state index is 13.1. The van der Waals surface area contributed by atoms with Gasteiger partial charge in [-0.05, 0) is 23.8 Å². The molecule has 2 N–H and O–H groups in total. The van der Waals surface area contributed by atoms with E-state index in [0.717, 1.165) is 29.8 Å². The van der Waals surface area contributed by atoms with Crippen LogP contribution in [0.4, 0.5) is 11.4 Å². The van der Waals surface area contributed by atoms with Crippen molar-refractivity contribution >= 4 is 17.3 Å². The minimum atomic E-state index is -0.582. The molecule has 6 heteroatoms. The monoisotopic (exact) mass is 324 g/mol. The van der Waals surface area contributed by atoms with Crippen LogP contribution in [0.2, 0.25) is 0 Å². The predicted octanol–water partition coefficient (Wildman–Crippen LogP) is 1.52. The number of fused-ring (bicyclic) bond motifs is 2. The normalized spacial score (nSPS) is 25.3. The molecule has 4 rings (SSSR count). The van der Waals surface area contributed by atoms with Crippen molar-refractivity contribution < 1.29 is 15.0 Å². The van der Waals surface area contributed by atoms with Crippen LogP contribution < -0.4 is 10.2 Å². The first kappa shape index (κ1) is 14.8. The van der Waals surface area contributed by atoms with Crippen molar-refractivity contribution in [3.8, 4) is 0 Å². The average molecular weight is 324 g/mol. The Kier molecular flexibility index (Phi) is 3.18. The van der Waals surface area contributed by atoms with Gasteiger partial charge in [0.25, 0.3) is 5.69 Å². The van der Waals surface area contributed by atoms with E-state index in [4.69, 9.17) is 0 Å². The molecule has 6 nitrogen and oxygen atoms in total. The van der Waals surface area contributed by atoms with Crippen molar-refractivity contribution in [3.05, 3.63) is 69.8 Å². The molecular formula is C18H18N3O3+. The number of quaternary nitrogens is 1. The molecule has 2 unspecified atom stereocenters. The Morgan fingerprint density at radius 1 is 1.21 bits per heavy atom. The molecule has 0 bridgehead atoms. The van der Waals surface area contributed by atoms with Crippen LogP contribution in [0.15, 0.2) is 48.5 Å². The van der Waals surface area contributed by atoms with Crippen LogP contribution in [0, 0.1) is 10.1 Å². The standard InChI is InChI=1S/C18H17N3O3/c1-20-15-5-3-2-4-14(15)18(17(20)22)10-11-19-16(18)12-6-8-13(9-7-12)21(23)24/h2-9,16,19H,10-11H2,1H3/p+1. The average Bonchev–Trinajstić information content (AvgIpc) is 3.13. The number of hydrogen-bond donors (Lipinski definition) is 1. The number of nitrogens with zero attached hydrogens (tertiary/aromatic N) is 2. The molecule has 0 radical (unpaired) electrons. The third kappa shape index (κ3) is 1.83. The Morgan fingerprint density at radius 3 is 2.62 bits per heavy atom. The second-order valence-electron chi connectivity index (χ2n) is 6.45. The van der Waals surface area contributed by atoms with Crippen LogP contribution in [0.1, 0.15) is 23.6 Å². The number of carbonyl (C=O) groups excluding carboxylic acids is 1. The summed E-state index contributed by atoms with van der Waals surface area (Å²) >= 11 is 0. The molecular weight excluding hydrogens is 306 g/mol. The van der Waals surface area contributed by atoms with E-state index >= 15 is 0 Å². The highest BCUT2D eigenvalue weighted by Gasteiger charge is 2.60. The molecule has 2 aliphatic heterocycles. The van der Waals surface area contributed by atoms with E-state index in [2.05, 4.69) is 5.32 Å². The zero-order valence-electron chi connectivity index (χ0n) is 13.3. The summed E-state index contributed by atoms with van der Waals surface area (Å²) in [4.78, 5) is 25.4. The van der Waals surface area contributed by atoms with Crippen molar-refractivity contribution in [2.24, 2.45) is 0 Å². The Morgan fingerprint density at radius 2 is 1.92 bits per heavy atom. The third-order valence-electron chi connectivity index (χ3n) is 5.37. The highest BCUT2D eigenvalue weighted by Crippen LogP contribution is 2.50. The van der Waals surface area contributed by atoms with Crippen molar-refractivity contribution in [1.29, 1.82) is 0 Å². The highest BCUT2D eigenvalue weighted by atomic mass is 16.6. The van der Waals surface area contributed by atoms with E-state index in [-0.39, 0.29) is 17.6 Å². The van der Waals surface area contributed by atoms with Gasteiger partial charge in [-0.25, -0.2) is 0 Å². The first-order chi connectivity index (χ1) is 11.6. The zero-order chi connectivity index (χ0) is 16.9. The van der Waals surface area contributed by atoms with Gasteiger partial charge in [-0.2, -0.15) is 0 Å². The molecule has 1 spiro atoms. The lowest BCUT2D eigenvalue weighted by atomic mass is 9.73. The summed E-state index contributed by atoms with van der Waals surface area (Å²) in [7, 11) is 1.82. The molecule has 122 valence electrons. The summed E-state index contributed by atoms with van der Waals surface area (Å²) in [6.45, 7) is 0.857. The number of likely N-dealkylation sites (N-methyl/N-ethyl adjacent to an activating group) is 1. The van der Waals surface area contributed by atoms with Gasteiger partial charge in [0.1, 0.15) is 11.5 Å². The Balaban J connectivity index is 1.83. The molecule has 2 heterocycles. The number of para-hydroxylation sites is 1. The van der Waals surface area contributed by atoms with Crippen LogP contribution in [0.3, 0.4) is 0 Å². The molecule has 2 aromatic carbocycles. The van der Waals surface area contributed by atoms with Gasteiger partial charge in [0.2, 0.25) is 5.91 Å². The molecule has 1 amide bonds. The van der Waals surface area contributed by atoms with Gasteiger partial charge in [-0.3, -0.25) is 14.9 Å². The molecule has 0 aromatic heterocycles.